The molecule has 0 spiro atoms. The fourth-order valence-corrected chi connectivity index (χ4v) is 4.66. The predicted molar refractivity (Wildman–Crippen MR) is 109 cm³/mol. The summed E-state index contributed by atoms with van der Waals surface area (Å²) < 4.78 is 15.6. The summed E-state index contributed by atoms with van der Waals surface area (Å²) in [7, 11) is 1.97. The molecule has 28 heavy (non-hydrogen) atoms. The summed E-state index contributed by atoms with van der Waals surface area (Å²) in [6.45, 7) is 2.79. The van der Waals surface area contributed by atoms with E-state index in [1.54, 1.807) is 18.0 Å². The van der Waals surface area contributed by atoms with Gasteiger partial charge in [0, 0.05) is 43.1 Å². The Kier molecular flexibility index (Phi) is 5.53. The van der Waals surface area contributed by atoms with Crippen LogP contribution in [0.15, 0.2) is 72.1 Å². The maximum absolute atomic E-state index is 13.5. The molecule has 146 valence electrons. The first kappa shape index (κ1) is 19.2. The molecule has 1 aliphatic rings. The van der Waals surface area contributed by atoms with Gasteiger partial charge in [0.25, 0.3) is 0 Å². The summed E-state index contributed by atoms with van der Waals surface area (Å²) in [6, 6.07) is 15.3. The molecule has 1 aliphatic heterocycles. The monoisotopic (exact) mass is 397 g/mol. The number of halogens is 1. The van der Waals surface area contributed by atoms with E-state index in [-0.39, 0.29) is 17.5 Å². The topological polar surface area (TPSA) is 30.3 Å². The molecule has 1 aromatic heterocycles. The van der Waals surface area contributed by atoms with Crippen molar-refractivity contribution < 1.29 is 9.23 Å². The van der Waals surface area contributed by atoms with E-state index < -0.39 is 0 Å². The lowest BCUT2D eigenvalue weighted by Gasteiger charge is -2.34. The van der Waals surface area contributed by atoms with Crippen molar-refractivity contribution in [3.05, 3.63) is 84.2 Å². The van der Waals surface area contributed by atoms with E-state index in [2.05, 4.69) is 40.7 Å². The second-order valence-electron chi connectivity index (χ2n) is 7.33. The first-order chi connectivity index (χ1) is 13.5. The van der Waals surface area contributed by atoms with Gasteiger partial charge in [-0.05, 0) is 36.8 Å². The number of rotatable bonds is 6. The van der Waals surface area contributed by atoms with Gasteiger partial charge in [-0.2, -0.15) is 5.06 Å². The third-order valence-corrected chi connectivity index (χ3v) is 6.46. The molecule has 1 fully saturated rings. The Morgan fingerprint density at radius 1 is 1.18 bits per heavy atom. The van der Waals surface area contributed by atoms with E-state index in [1.807, 2.05) is 36.8 Å². The van der Waals surface area contributed by atoms with Crippen LogP contribution in [0.5, 0.6) is 0 Å². The zero-order valence-corrected chi connectivity index (χ0v) is 16.9. The molecule has 0 saturated carbocycles. The molecular formula is C22H24FN3OS. The fourth-order valence-electron chi connectivity index (χ4n) is 3.78. The van der Waals surface area contributed by atoms with Crippen molar-refractivity contribution in [2.45, 2.75) is 36.4 Å². The number of thioether (sulfide) groups is 1. The second kappa shape index (κ2) is 8.07. The first-order valence-electron chi connectivity index (χ1n) is 9.37. The van der Waals surface area contributed by atoms with E-state index >= 15 is 0 Å². The molecule has 4 rings (SSSR count). The smallest absolute Gasteiger partial charge is 0.123 e. The summed E-state index contributed by atoms with van der Waals surface area (Å²) in [4.78, 5) is 11.7. The van der Waals surface area contributed by atoms with Gasteiger partial charge in [-0.15, -0.1) is 11.8 Å². The van der Waals surface area contributed by atoms with Crippen LogP contribution in [-0.2, 0) is 16.9 Å². The highest BCUT2D eigenvalue weighted by Crippen LogP contribution is 2.42. The van der Waals surface area contributed by atoms with Gasteiger partial charge in [-0.1, -0.05) is 29.8 Å². The minimum absolute atomic E-state index is 0.0740. The Balaban J connectivity index is 1.55. The molecule has 6 heteroatoms. The van der Waals surface area contributed by atoms with E-state index in [1.165, 1.54) is 22.6 Å². The molecular weight excluding hydrogens is 373 g/mol. The lowest BCUT2D eigenvalue weighted by molar-refractivity contribution is -0.170. The largest absolute Gasteiger partial charge is 0.335 e. The van der Waals surface area contributed by atoms with Crippen LogP contribution in [0.2, 0.25) is 0 Å². The maximum atomic E-state index is 13.5. The van der Waals surface area contributed by atoms with E-state index in [4.69, 9.17) is 4.84 Å². The van der Waals surface area contributed by atoms with Crippen molar-refractivity contribution >= 4 is 11.8 Å². The number of benzene rings is 2. The lowest BCUT2D eigenvalue weighted by atomic mass is 9.85. The molecule has 2 atom stereocenters. The average molecular weight is 398 g/mol. The second-order valence-corrected chi connectivity index (χ2v) is 8.42. The Morgan fingerprint density at radius 2 is 1.93 bits per heavy atom. The van der Waals surface area contributed by atoms with Crippen LogP contribution in [0.25, 0.3) is 0 Å². The molecule has 0 amide bonds. The van der Waals surface area contributed by atoms with Crippen molar-refractivity contribution in [1.82, 2.24) is 14.6 Å². The van der Waals surface area contributed by atoms with Crippen LogP contribution in [0.3, 0.4) is 0 Å². The van der Waals surface area contributed by atoms with Crippen molar-refractivity contribution in [2.24, 2.45) is 0 Å². The molecule has 2 aromatic carbocycles. The number of hydrogen-bond donors (Lipinski definition) is 0. The summed E-state index contributed by atoms with van der Waals surface area (Å²) in [5.74, 6) is 0.634. The van der Waals surface area contributed by atoms with E-state index in [9.17, 15) is 4.39 Å². The summed E-state index contributed by atoms with van der Waals surface area (Å²) in [5, 5.41) is 1.95. The minimum Gasteiger partial charge on any atom is -0.335 e. The highest BCUT2D eigenvalue weighted by Gasteiger charge is 2.46. The molecule has 4 nitrogen and oxygen atoms in total. The highest BCUT2D eigenvalue weighted by atomic mass is 32.2. The van der Waals surface area contributed by atoms with Crippen molar-refractivity contribution in [3.63, 3.8) is 0 Å². The van der Waals surface area contributed by atoms with Crippen LogP contribution in [0.1, 0.15) is 17.5 Å². The molecule has 0 aliphatic carbocycles. The Morgan fingerprint density at radius 3 is 2.61 bits per heavy atom. The SMILES string of the molecule is Cc1ccc(SCC2CC(Cn3ccnc3)(c3ccc(F)cc3)N(C)O2)cc1. The van der Waals surface area contributed by atoms with Crippen molar-refractivity contribution in [1.29, 1.82) is 0 Å². The van der Waals surface area contributed by atoms with Gasteiger partial charge in [0.15, 0.2) is 0 Å². The van der Waals surface area contributed by atoms with Crippen LogP contribution >= 0.6 is 11.8 Å². The summed E-state index contributed by atoms with van der Waals surface area (Å²) in [6.07, 6.45) is 6.44. The zero-order valence-electron chi connectivity index (χ0n) is 16.1. The number of aryl methyl sites for hydroxylation is 1. The summed E-state index contributed by atoms with van der Waals surface area (Å²) >= 11 is 1.80. The van der Waals surface area contributed by atoms with Gasteiger partial charge < -0.3 is 4.57 Å². The van der Waals surface area contributed by atoms with Crippen LogP contribution < -0.4 is 0 Å². The first-order valence-corrected chi connectivity index (χ1v) is 10.4. The maximum Gasteiger partial charge on any atom is 0.123 e. The molecule has 0 bridgehead atoms. The Bertz CT molecular complexity index is 899. The fraction of sp³-hybridized carbons (Fsp3) is 0.318. The van der Waals surface area contributed by atoms with Crippen LogP contribution in [0.4, 0.5) is 4.39 Å². The molecule has 1 saturated heterocycles. The lowest BCUT2D eigenvalue weighted by Crippen LogP contribution is -2.41. The van der Waals surface area contributed by atoms with Crippen molar-refractivity contribution in [2.75, 3.05) is 12.8 Å². The highest BCUT2D eigenvalue weighted by molar-refractivity contribution is 7.99. The molecule has 0 N–H and O–H groups in total. The Labute approximate surface area is 169 Å². The number of hydrogen-bond acceptors (Lipinski definition) is 4. The van der Waals surface area contributed by atoms with E-state index in [0.717, 1.165) is 17.7 Å². The number of nitrogens with zero attached hydrogens (tertiary/aromatic N) is 3. The van der Waals surface area contributed by atoms with Gasteiger partial charge in [0.2, 0.25) is 0 Å². The minimum atomic E-state index is -0.368. The normalized spacial score (nSPS) is 22.6. The number of likely N-dealkylation sites (N-methyl/N-ethyl adjacent to an activating group) is 1. The number of aromatic nitrogens is 2. The average Bonchev–Trinajstić information content (AvgIpc) is 3.31. The summed E-state index contributed by atoms with van der Waals surface area (Å²) in [5.41, 5.74) is 1.94. The van der Waals surface area contributed by atoms with Gasteiger partial charge in [0.1, 0.15) is 5.82 Å². The standard InChI is InChI=1S/C22H24FN3OS/c1-17-3-9-21(10-4-17)28-14-20-13-22(25(2)27-20,15-26-12-11-24-16-26)18-5-7-19(23)8-6-18/h3-12,16,20H,13-15H2,1-2H3. The van der Waals surface area contributed by atoms with E-state index in [0.29, 0.717) is 6.54 Å². The van der Waals surface area contributed by atoms with Gasteiger partial charge in [0.05, 0.1) is 18.0 Å². The Hall–Kier alpha value is -2.15. The molecule has 2 heterocycles. The van der Waals surface area contributed by atoms with Gasteiger partial charge in [-0.25, -0.2) is 9.37 Å². The molecule has 2 unspecified atom stereocenters. The van der Waals surface area contributed by atoms with Crippen molar-refractivity contribution in [3.8, 4) is 0 Å². The number of imidazole rings is 1. The quantitative estimate of drug-likeness (QED) is 0.566. The van der Waals surface area contributed by atoms with Gasteiger partial charge >= 0.3 is 0 Å². The predicted octanol–water partition coefficient (Wildman–Crippen LogP) is 4.65. The molecule has 0 radical (unpaired) electrons. The zero-order chi connectivity index (χ0) is 19.6. The van der Waals surface area contributed by atoms with Gasteiger partial charge in [-0.3, -0.25) is 4.84 Å². The van der Waals surface area contributed by atoms with Crippen LogP contribution in [0, 0.1) is 12.7 Å². The molecule has 3 aromatic rings. The third kappa shape index (κ3) is 3.99. The van der Waals surface area contributed by atoms with Crippen LogP contribution in [-0.4, -0.2) is 33.5 Å². The third-order valence-electron chi connectivity index (χ3n) is 5.32. The number of hydroxylamine groups is 2.